The van der Waals surface area contributed by atoms with Gasteiger partial charge in [0, 0.05) is 0 Å². The van der Waals surface area contributed by atoms with Crippen LogP contribution in [0.25, 0.3) is 0 Å². The van der Waals surface area contributed by atoms with E-state index in [4.69, 9.17) is 17.3 Å². The molecule has 0 aliphatic carbocycles. The molecule has 1 unspecified atom stereocenters. The minimum atomic E-state index is -4.58. The van der Waals surface area contributed by atoms with Crippen LogP contribution in [0.3, 0.4) is 0 Å². The third-order valence-corrected chi connectivity index (χ3v) is 3.28. The molecule has 0 saturated carbocycles. The number of aliphatic hydroxyl groups excluding tert-OH is 1. The largest absolute Gasteiger partial charge is 0.418 e. The predicted molar refractivity (Wildman–Crippen MR) is 80.9 cm³/mol. The van der Waals surface area contributed by atoms with E-state index in [1.807, 2.05) is 6.92 Å². The molecule has 0 amide bonds. The van der Waals surface area contributed by atoms with Gasteiger partial charge in [-0.1, -0.05) is 24.9 Å². The molecule has 0 heterocycles. The highest BCUT2D eigenvalue weighted by atomic mass is 35.5. The zero-order valence-corrected chi connectivity index (χ0v) is 13.1. The summed E-state index contributed by atoms with van der Waals surface area (Å²) in [5.74, 6) is 0. The Bertz CT molecular complexity index is 456. The Hall–Kier alpha value is -0.690. The van der Waals surface area contributed by atoms with Crippen LogP contribution >= 0.6 is 24.0 Å². The van der Waals surface area contributed by atoms with Gasteiger partial charge < -0.3 is 16.2 Å². The molecule has 8 heteroatoms. The Morgan fingerprint density at radius 3 is 2.48 bits per heavy atom. The Morgan fingerprint density at radius 1 is 1.38 bits per heavy atom. The first-order chi connectivity index (χ1) is 9.31. The molecular weight excluding hydrogens is 328 g/mol. The molecule has 0 aliphatic heterocycles. The molecule has 1 atom stereocenters. The number of aliphatic hydroxyl groups is 1. The molecule has 0 saturated heterocycles. The second-order valence-electron chi connectivity index (χ2n) is 4.50. The van der Waals surface area contributed by atoms with Gasteiger partial charge in [-0.05, 0) is 30.7 Å². The van der Waals surface area contributed by atoms with E-state index in [9.17, 15) is 18.3 Å². The molecule has 1 rings (SSSR count). The van der Waals surface area contributed by atoms with Crippen LogP contribution in [0, 0.1) is 0 Å². The van der Waals surface area contributed by atoms with Crippen LogP contribution in [0.4, 0.5) is 18.9 Å². The van der Waals surface area contributed by atoms with Crippen molar-refractivity contribution in [1.29, 1.82) is 0 Å². The number of rotatable bonds is 6. The van der Waals surface area contributed by atoms with Gasteiger partial charge in [0.05, 0.1) is 28.9 Å². The SMILES string of the molecule is CCCCNC(CO)c1cc(Cl)c(N)c(C(F)(F)F)c1.Cl. The summed E-state index contributed by atoms with van der Waals surface area (Å²) in [6, 6.07) is 1.69. The number of unbranched alkanes of at least 4 members (excludes halogenated alkanes) is 1. The zero-order chi connectivity index (χ0) is 15.3. The lowest BCUT2D eigenvalue weighted by molar-refractivity contribution is -0.137. The molecule has 122 valence electrons. The number of benzene rings is 1. The zero-order valence-electron chi connectivity index (χ0n) is 11.5. The van der Waals surface area contributed by atoms with Gasteiger partial charge in [0.15, 0.2) is 0 Å². The third-order valence-electron chi connectivity index (χ3n) is 2.96. The summed E-state index contributed by atoms with van der Waals surface area (Å²) in [6.07, 6.45) is -2.76. The van der Waals surface area contributed by atoms with Gasteiger partial charge in [-0.2, -0.15) is 13.2 Å². The van der Waals surface area contributed by atoms with E-state index in [-0.39, 0.29) is 29.6 Å². The lowest BCUT2D eigenvalue weighted by Crippen LogP contribution is -2.26. The van der Waals surface area contributed by atoms with Crippen molar-refractivity contribution in [2.45, 2.75) is 32.0 Å². The average Bonchev–Trinajstić information content (AvgIpc) is 2.36. The van der Waals surface area contributed by atoms with Crippen molar-refractivity contribution in [2.75, 3.05) is 18.9 Å². The van der Waals surface area contributed by atoms with E-state index in [0.29, 0.717) is 6.54 Å². The minimum absolute atomic E-state index is 0. The smallest absolute Gasteiger partial charge is 0.397 e. The standard InChI is InChI=1S/C13H18ClF3N2O.ClH/c1-2-3-4-19-11(7-20)8-5-9(13(15,16)17)12(18)10(14)6-8;/h5-6,11,19-20H,2-4,7,18H2,1H3;1H. The summed E-state index contributed by atoms with van der Waals surface area (Å²) in [7, 11) is 0. The Kier molecular flexibility index (Phi) is 8.39. The molecule has 0 aromatic heterocycles. The Labute approximate surface area is 133 Å². The van der Waals surface area contributed by atoms with E-state index in [1.54, 1.807) is 0 Å². The highest BCUT2D eigenvalue weighted by Crippen LogP contribution is 2.38. The van der Waals surface area contributed by atoms with E-state index in [2.05, 4.69) is 5.32 Å². The molecule has 21 heavy (non-hydrogen) atoms. The second-order valence-corrected chi connectivity index (χ2v) is 4.91. The number of anilines is 1. The molecule has 4 N–H and O–H groups in total. The van der Waals surface area contributed by atoms with Crippen molar-refractivity contribution in [3.63, 3.8) is 0 Å². The monoisotopic (exact) mass is 346 g/mol. The fourth-order valence-corrected chi connectivity index (χ4v) is 2.04. The lowest BCUT2D eigenvalue weighted by Gasteiger charge is -2.20. The van der Waals surface area contributed by atoms with Crippen LogP contribution in [-0.4, -0.2) is 18.3 Å². The van der Waals surface area contributed by atoms with Gasteiger partial charge >= 0.3 is 6.18 Å². The van der Waals surface area contributed by atoms with E-state index in [1.165, 1.54) is 6.07 Å². The molecule has 0 spiro atoms. The lowest BCUT2D eigenvalue weighted by atomic mass is 10.0. The van der Waals surface area contributed by atoms with Gasteiger partial charge in [0.2, 0.25) is 0 Å². The number of nitrogens with two attached hydrogens (primary N) is 1. The summed E-state index contributed by atoms with van der Waals surface area (Å²) < 4.78 is 38.6. The van der Waals surface area contributed by atoms with Crippen LogP contribution in [0.15, 0.2) is 12.1 Å². The third kappa shape index (κ3) is 5.54. The van der Waals surface area contributed by atoms with E-state index >= 15 is 0 Å². The molecule has 1 aromatic carbocycles. The molecule has 0 aliphatic rings. The quantitative estimate of drug-likeness (QED) is 0.542. The number of nitrogens with one attached hydrogen (secondary N) is 1. The number of nitrogen functional groups attached to an aromatic ring is 1. The van der Waals surface area contributed by atoms with Crippen molar-refractivity contribution >= 4 is 29.7 Å². The predicted octanol–water partition coefficient (Wildman–Crippen LogP) is 3.79. The van der Waals surface area contributed by atoms with Gasteiger partial charge in [0.25, 0.3) is 0 Å². The van der Waals surface area contributed by atoms with Crippen LogP contribution in [-0.2, 0) is 6.18 Å². The first-order valence-electron chi connectivity index (χ1n) is 6.31. The summed E-state index contributed by atoms with van der Waals surface area (Å²) >= 11 is 5.75. The number of hydrogen-bond acceptors (Lipinski definition) is 3. The first kappa shape index (κ1) is 20.3. The van der Waals surface area contributed by atoms with Gasteiger partial charge in [-0.25, -0.2) is 0 Å². The normalized spacial score (nSPS) is 12.9. The molecule has 0 fully saturated rings. The maximum Gasteiger partial charge on any atom is 0.418 e. The minimum Gasteiger partial charge on any atom is -0.397 e. The van der Waals surface area contributed by atoms with E-state index < -0.39 is 23.5 Å². The van der Waals surface area contributed by atoms with Gasteiger partial charge in [-0.15, -0.1) is 12.4 Å². The Balaban J connectivity index is 0.00000400. The Morgan fingerprint density at radius 2 is 2.00 bits per heavy atom. The average molecular weight is 347 g/mol. The second kappa shape index (κ2) is 8.68. The summed E-state index contributed by atoms with van der Waals surface area (Å²) in [4.78, 5) is 0. The van der Waals surface area contributed by atoms with Crippen LogP contribution in [0.2, 0.25) is 5.02 Å². The summed E-state index contributed by atoms with van der Waals surface area (Å²) in [5.41, 5.74) is 4.17. The molecular formula is C13H19Cl2F3N2O. The summed E-state index contributed by atoms with van der Waals surface area (Å²) in [5, 5.41) is 12.1. The molecule has 3 nitrogen and oxygen atoms in total. The van der Waals surface area contributed by atoms with E-state index in [0.717, 1.165) is 18.9 Å². The van der Waals surface area contributed by atoms with Crippen molar-refractivity contribution < 1.29 is 18.3 Å². The van der Waals surface area contributed by atoms with Crippen molar-refractivity contribution in [3.8, 4) is 0 Å². The fourth-order valence-electron chi connectivity index (χ4n) is 1.82. The van der Waals surface area contributed by atoms with Crippen molar-refractivity contribution in [3.05, 3.63) is 28.3 Å². The maximum absolute atomic E-state index is 12.9. The van der Waals surface area contributed by atoms with Gasteiger partial charge in [0.1, 0.15) is 0 Å². The van der Waals surface area contributed by atoms with Crippen LogP contribution in [0.1, 0.15) is 36.9 Å². The summed E-state index contributed by atoms with van der Waals surface area (Å²) in [6.45, 7) is 2.28. The molecule has 1 aromatic rings. The van der Waals surface area contributed by atoms with Gasteiger partial charge in [-0.3, -0.25) is 0 Å². The number of halogens is 5. The topological polar surface area (TPSA) is 58.3 Å². The fraction of sp³-hybridized carbons (Fsp3) is 0.538. The molecule has 0 radical (unpaired) electrons. The highest BCUT2D eigenvalue weighted by molar-refractivity contribution is 6.33. The molecule has 0 bridgehead atoms. The number of hydrogen-bond donors (Lipinski definition) is 3. The van der Waals surface area contributed by atoms with Crippen LogP contribution in [0.5, 0.6) is 0 Å². The van der Waals surface area contributed by atoms with Crippen molar-refractivity contribution in [1.82, 2.24) is 5.32 Å². The van der Waals surface area contributed by atoms with Crippen molar-refractivity contribution in [2.24, 2.45) is 0 Å². The number of alkyl halides is 3. The maximum atomic E-state index is 12.9. The highest BCUT2D eigenvalue weighted by Gasteiger charge is 2.34. The van der Waals surface area contributed by atoms with Crippen LogP contribution < -0.4 is 11.1 Å². The first-order valence-corrected chi connectivity index (χ1v) is 6.69.